The summed E-state index contributed by atoms with van der Waals surface area (Å²) in [5.41, 5.74) is 0. The molecular formula is C16H28O. The van der Waals surface area contributed by atoms with Crippen molar-refractivity contribution in [2.75, 3.05) is 0 Å². The molecule has 0 amide bonds. The van der Waals surface area contributed by atoms with E-state index < -0.39 is 0 Å². The molecular weight excluding hydrogens is 208 g/mol. The van der Waals surface area contributed by atoms with Crippen LogP contribution in [-0.4, -0.2) is 5.78 Å². The first kappa shape index (κ1) is 13.1. The van der Waals surface area contributed by atoms with Gasteiger partial charge in [-0.05, 0) is 31.1 Å². The Balaban J connectivity index is 1.71. The highest BCUT2D eigenvalue weighted by molar-refractivity contribution is 5.81. The zero-order chi connectivity index (χ0) is 12.1. The van der Waals surface area contributed by atoms with Crippen LogP contribution in [0.25, 0.3) is 0 Å². The fraction of sp³-hybridized carbons (Fsp3) is 0.938. The first-order valence-corrected chi connectivity index (χ1v) is 7.82. The number of ketones is 1. The highest BCUT2D eigenvalue weighted by Gasteiger charge is 2.26. The third kappa shape index (κ3) is 3.82. The van der Waals surface area contributed by atoms with Crippen molar-refractivity contribution >= 4 is 5.78 Å². The Morgan fingerprint density at radius 3 is 2.41 bits per heavy atom. The van der Waals surface area contributed by atoms with E-state index >= 15 is 0 Å². The van der Waals surface area contributed by atoms with Gasteiger partial charge in [0, 0.05) is 12.3 Å². The molecule has 0 saturated heterocycles. The van der Waals surface area contributed by atoms with Gasteiger partial charge in [0.05, 0.1) is 0 Å². The standard InChI is InChI=1S/C16H28O/c1-2-13-8-5-9-15(12-13)16(17)11-10-14-6-3-4-7-14/h13-15H,2-12H2,1H3. The summed E-state index contributed by atoms with van der Waals surface area (Å²) in [6.45, 7) is 2.27. The van der Waals surface area contributed by atoms with E-state index in [9.17, 15) is 4.79 Å². The molecule has 0 heterocycles. The van der Waals surface area contributed by atoms with Crippen LogP contribution >= 0.6 is 0 Å². The van der Waals surface area contributed by atoms with Crippen molar-refractivity contribution in [2.24, 2.45) is 17.8 Å². The molecule has 0 aliphatic heterocycles. The van der Waals surface area contributed by atoms with Crippen LogP contribution in [-0.2, 0) is 4.79 Å². The number of hydrogen-bond acceptors (Lipinski definition) is 1. The van der Waals surface area contributed by atoms with E-state index in [1.807, 2.05) is 0 Å². The number of carbonyl (C=O) groups excluding carboxylic acids is 1. The molecule has 2 aliphatic carbocycles. The molecule has 2 fully saturated rings. The van der Waals surface area contributed by atoms with Gasteiger partial charge in [0.2, 0.25) is 0 Å². The quantitative estimate of drug-likeness (QED) is 0.673. The first-order valence-electron chi connectivity index (χ1n) is 7.82. The highest BCUT2D eigenvalue weighted by Crippen LogP contribution is 2.34. The monoisotopic (exact) mass is 236 g/mol. The van der Waals surface area contributed by atoms with Crippen molar-refractivity contribution < 1.29 is 4.79 Å². The van der Waals surface area contributed by atoms with Crippen molar-refractivity contribution in [1.82, 2.24) is 0 Å². The number of Topliss-reactive ketones (excluding diaryl/α,β-unsaturated/α-hetero) is 1. The van der Waals surface area contributed by atoms with E-state index in [0.717, 1.165) is 18.3 Å². The van der Waals surface area contributed by atoms with Gasteiger partial charge in [0.1, 0.15) is 5.78 Å². The van der Waals surface area contributed by atoms with Crippen molar-refractivity contribution in [1.29, 1.82) is 0 Å². The fourth-order valence-electron chi connectivity index (χ4n) is 3.80. The van der Waals surface area contributed by atoms with Crippen molar-refractivity contribution in [3.63, 3.8) is 0 Å². The summed E-state index contributed by atoms with van der Waals surface area (Å²) in [4.78, 5) is 12.2. The molecule has 0 aromatic carbocycles. The SMILES string of the molecule is CCC1CCCC(C(=O)CCC2CCCC2)C1. The van der Waals surface area contributed by atoms with E-state index in [2.05, 4.69) is 6.92 Å². The van der Waals surface area contributed by atoms with Crippen LogP contribution in [0.5, 0.6) is 0 Å². The minimum atomic E-state index is 0.426. The van der Waals surface area contributed by atoms with Crippen LogP contribution in [0.1, 0.15) is 77.6 Å². The minimum absolute atomic E-state index is 0.426. The zero-order valence-electron chi connectivity index (χ0n) is 11.4. The van der Waals surface area contributed by atoms with Crippen LogP contribution in [0.4, 0.5) is 0 Å². The van der Waals surface area contributed by atoms with Crippen molar-refractivity contribution in [3.05, 3.63) is 0 Å². The lowest BCUT2D eigenvalue weighted by molar-refractivity contribution is -0.124. The number of rotatable bonds is 5. The predicted molar refractivity (Wildman–Crippen MR) is 71.9 cm³/mol. The average molecular weight is 236 g/mol. The van der Waals surface area contributed by atoms with Gasteiger partial charge in [-0.15, -0.1) is 0 Å². The average Bonchev–Trinajstić information content (AvgIpc) is 2.89. The maximum atomic E-state index is 12.2. The van der Waals surface area contributed by atoms with Gasteiger partial charge < -0.3 is 0 Å². The van der Waals surface area contributed by atoms with Crippen LogP contribution in [0.3, 0.4) is 0 Å². The molecule has 17 heavy (non-hydrogen) atoms. The van der Waals surface area contributed by atoms with E-state index in [-0.39, 0.29) is 0 Å². The normalized spacial score (nSPS) is 30.6. The Hall–Kier alpha value is -0.330. The third-order valence-corrected chi connectivity index (χ3v) is 5.09. The van der Waals surface area contributed by atoms with Gasteiger partial charge in [-0.1, -0.05) is 51.9 Å². The summed E-state index contributed by atoms with van der Waals surface area (Å²) in [5, 5.41) is 0. The predicted octanol–water partition coefficient (Wildman–Crippen LogP) is 4.74. The van der Waals surface area contributed by atoms with Gasteiger partial charge in [-0.3, -0.25) is 4.79 Å². The Labute approximate surface area is 106 Å². The van der Waals surface area contributed by atoms with Gasteiger partial charge in [-0.25, -0.2) is 0 Å². The molecule has 1 nitrogen and oxygen atoms in total. The van der Waals surface area contributed by atoms with Gasteiger partial charge in [-0.2, -0.15) is 0 Å². The molecule has 98 valence electrons. The highest BCUT2D eigenvalue weighted by atomic mass is 16.1. The summed E-state index contributed by atoms with van der Waals surface area (Å²) in [5.74, 6) is 2.74. The molecule has 0 aromatic rings. The second kappa shape index (κ2) is 6.56. The van der Waals surface area contributed by atoms with Crippen LogP contribution < -0.4 is 0 Å². The summed E-state index contributed by atoms with van der Waals surface area (Å²) >= 11 is 0. The number of hydrogen-bond donors (Lipinski definition) is 0. The molecule has 2 rings (SSSR count). The van der Waals surface area contributed by atoms with Crippen molar-refractivity contribution in [3.8, 4) is 0 Å². The molecule has 0 aromatic heterocycles. The van der Waals surface area contributed by atoms with Crippen LogP contribution in [0.15, 0.2) is 0 Å². The lowest BCUT2D eigenvalue weighted by atomic mass is 9.77. The molecule has 1 heteroatoms. The second-order valence-corrected chi connectivity index (χ2v) is 6.29. The van der Waals surface area contributed by atoms with E-state index in [4.69, 9.17) is 0 Å². The fourth-order valence-corrected chi connectivity index (χ4v) is 3.80. The topological polar surface area (TPSA) is 17.1 Å². The lowest BCUT2D eigenvalue weighted by Gasteiger charge is -2.27. The van der Waals surface area contributed by atoms with Gasteiger partial charge in [0.25, 0.3) is 0 Å². The van der Waals surface area contributed by atoms with E-state index in [0.29, 0.717) is 11.7 Å². The molecule has 2 unspecified atom stereocenters. The largest absolute Gasteiger partial charge is 0.299 e. The molecule has 2 aliphatic rings. The minimum Gasteiger partial charge on any atom is -0.299 e. The van der Waals surface area contributed by atoms with E-state index in [1.54, 1.807) is 0 Å². The summed E-state index contributed by atoms with van der Waals surface area (Å²) in [7, 11) is 0. The Bertz CT molecular complexity index is 240. The summed E-state index contributed by atoms with van der Waals surface area (Å²) < 4.78 is 0. The molecule has 0 N–H and O–H groups in total. The summed E-state index contributed by atoms with van der Waals surface area (Å²) in [6.07, 6.45) is 13.9. The maximum Gasteiger partial charge on any atom is 0.135 e. The maximum absolute atomic E-state index is 12.2. The Morgan fingerprint density at radius 1 is 1.00 bits per heavy atom. The first-order chi connectivity index (χ1) is 8.29. The van der Waals surface area contributed by atoms with E-state index in [1.165, 1.54) is 64.2 Å². The Kier molecular flexibility index (Phi) is 5.06. The zero-order valence-corrected chi connectivity index (χ0v) is 11.4. The molecule has 0 spiro atoms. The smallest absolute Gasteiger partial charge is 0.135 e. The van der Waals surface area contributed by atoms with Crippen LogP contribution in [0.2, 0.25) is 0 Å². The molecule has 2 atom stereocenters. The third-order valence-electron chi connectivity index (χ3n) is 5.09. The summed E-state index contributed by atoms with van der Waals surface area (Å²) in [6, 6.07) is 0. The lowest BCUT2D eigenvalue weighted by Crippen LogP contribution is -2.23. The van der Waals surface area contributed by atoms with Gasteiger partial charge in [0.15, 0.2) is 0 Å². The number of carbonyl (C=O) groups is 1. The molecule has 0 bridgehead atoms. The van der Waals surface area contributed by atoms with Crippen molar-refractivity contribution in [2.45, 2.75) is 77.6 Å². The molecule has 2 saturated carbocycles. The Morgan fingerprint density at radius 2 is 1.71 bits per heavy atom. The van der Waals surface area contributed by atoms with Crippen LogP contribution in [0, 0.1) is 17.8 Å². The van der Waals surface area contributed by atoms with Gasteiger partial charge >= 0.3 is 0 Å². The molecule has 0 radical (unpaired) electrons. The second-order valence-electron chi connectivity index (χ2n) is 6.29.